The Morgan fingerprint density at radius 1 is 0.938 bits per heavy atom. The smallest absolute Gasteiger partial charge is 0.252 e. The zero-order chi connectivity index (χ0) is 22.2. The Bertz CT molecular complexity index is 1040. The van der Waals surface area contributed by atoms with Gasteiger partial charge in [-0.3, -0.25) is 14.6 Å². The summed E-state index contributed by atoms with van der Waals surface area (Å²) in [4.78, 5) is 37.9. The standard InChI is InChI=1S/C24H26N6O2/c31-23(18-6-3-7-20(13-18)28-19-8-10-25-11-9-19)30-22(12-17-4-1-2-5-17)24(32)29-21-14-26-16-27-15-21/h3,6-11,13-17,22H,1-2,4-5,12H2,(H,25,28)(H,29,32)(H,30,31). The average Bonchev–Trinajstić information content (AvgIpc) is 3.33. The third-order valence-corrected chi connectivity index (χ3v) is 5.59. The molecule has 0 radical (unpaired) electrons. The van der Waals surface area contributed by atoms with Crippen molar-refractivity contribution < 1.29 is 9.59 Å². The minimum absolute atomic E-state index is 0.258. The third kappa shape index (κ3) is 5.87. The monoisotopic (exact) mass is 430 g/mol. The SMILES string of the molecule is O=C(NC(CC1CCCC1)C(=O)Nc1cncnc1)c1cccc(Nc2ccncc2)c1. The summed E-state index contributed by atoms with van der Waals surface area (Å²) in [6.45, 7) is 0. The number of carbonyl (C=O) groups is 2. The van der Waals surface area contributed by atoms with Crippen molar-refractivity contribution in [1.29, 1.82) is 0 Å². The second-order valence-corrected chi connectivity index (χ2v) is 7.97. The maximum atomic E-state index is 13.0. The Morgan fingerprint density at radius 2 is 1.69 bits per heavy atom. The second-order valence-electron chi connectivity index (χ2n) is 7.97. The minimum atomic E-state index is -0.636. The lowest BCUT2D eigenvalue weighted by Crippen LogP contribution is -2.44. The molecule has 2 aromatic heterocycles. The van der Waals surface area contributed by atoms with Crippen LogP contribution in [0.25, 0.3) is 0 Å². The molecule has 0 aliphatic heterocycles. The number of hydrogen-bond donors (Lipinski definition) is 3. The van der Waals surface area contributed by atoms with E-state index in [0.717, 1.165) is 24.2 Å². The lowest BCUT2D eigenvalue weighted by atomic mass is 9.97. The number of anilines is 3. The third-order valence-electron chi connectivity index (χ3n) is 5.59. The summed E-state index contributed by atoms with van der Waals surface area (Å²) >= 11 is 0. The Kier molecular flexibility index (Phi) is 7.01. The molecule has 0 bridgehead atoms. The van der Waals surface area contributed by atoms with E-state index in [1.165, 1.54) is 31.6 Å². The number of hydrogen-bond acceptors (Lipinski definition) is 6. The van der Waals surface area contributed by atoms with Crippen LogP contribution in [0, 0.1) is 5.92 Å². The fraction of sp³-hybridized carbons (Fsp3) is 0.292. The van der Waals surface area contributed by atoms with Gasteiger partial charge in [-0.05, 0) is 42.7 Å². The molecule has 1 aromatic carbocycles. The Balaban J connectivity index is 1.46. The molecule has 1 unspecified atom stereocenters. The summed E-state index contributed by atoms with van der Waals surface area (Å²) < 4.78 is 0. The Morgan fingerprint density at radius 3 is 2.44 bits per heavy atom. The molecule has 32 heavy (non-hydrogen) atoms. The van der Waals surface area contributed by atoms with Crippen molar-refractivity contribution >= 4 is 28.9 Å². The Hall–Kier alpha value is -3.81. The molecule has 1 saturated carbocycles. The number of rotatable bonds is 8. The highest BCUT2D eigenvalue weighted by molar-refractivity contribution is 6.01. The Labute approximate surface area is 186 Å². The number of carbonyl (C=O) groups excluding carboxylic acids is 2. The van der Waals surface area contributed by atoms with Crippen molar-refractivity contribution in [2.75, 3.05) is 10.6 Å². The molecule has 3 aromatic rings. The van der Waals surface area contributed by atoms with Crippen LogP contribution in [0.1, 0.15) is 42.5 Å². The van der Waals surface area contributed by atoms with E-state index in [0.29, 0.717) is 23.6 Å². The first kappa shape index (κ1) is 21.4. The summed E-state index contributed by atoms with van der Waals surface area (Å²) in [5.41, 5.74) is 2.64. The summed E-state index contributed by atoms with van der Waals surface area (Å²) in [5.74, 6) is -0.116. The first-order chi connectivity index (χ1) is 15.7. The van der Waals surface area contributed by atoms with Crippen LogP contribution >= 0.6 is 0 Å². The molecule has 0 spiro atoms. The first-order valence-corrected chi connectivity index (χ1v) is 10.8. The van der Waals surface area contributed by atoms with Crippen LogP contribution in [0.15, 0.2) is 67.5 Å². The van der Waals surface area contributed by atoms with Gasteiger partial charge in [0.1, 0.15) is 12.4 Å². The normalized spacial score (nSPS) is 14.5. The fourth-order valence-electron chi connectivity index (χ4n) is 3.99. The highest BCUT2D eigenvalue weighted by Gasteiger charge is 2.27. The number of aromatic nitrogens is 3. The van der Waals surface area contributed by atoms with Crippen LogP contribution in [0.5, 0.6) is 0 Å². The van der Waals surface area contributed by atoms with E-state index in [-0.39, 0.29) is 11.8 Å². The van der Waals surface area contributed by atoms with E-state index < -0.39 is 6.04 Å². The lowest BCUT2D eigenvalue weighted by molar-refractivity contribution is -0.118. The van der Waals surface area contributed by atoms with Crippen molar-refractivity contribution in [3.05, 3.63) is 73.1 Å². The van der Waals surface area contributed by atoms with Gasteiger partial charge < -0.3 is 16.0 Å². The van der Waals surface area contributed by atoms with Crippen LogP contribution < -0.4 is 16.0 Å². The van der Waals surface area contributed by atoms with Gasteiger partial charge in [-0.2, -0.15) is 0 Å². The number of benzene rings is 1. The zero-order valence-electron chi connectivity index (χ0n) is 17.7. The van der Waals surface area contributed by atoms with Crippen LogP contribution in [0.3, 0.4) is 0 Å². The second kappa shape index (κ2) is 10.5. The van der Waals surface area contributed by atoms with Crippen LogP contribution in [0.4, 0.5) is 17.1 Å². The van der Waals surface area contributed by atoms with Crippen LogP contribution in [0.2, 0.25) is 0 Å². The minimum Gasteiger partial charge on any atom is -0.355 e. The molecule has 2 heterocycles. The highest BCUT2D eigenvalue weighted by atomic mass is 16.2. The number of amides is 2. The van der Waals surface area contributed by atoms with Gasteiger partial charge in [-0.1, -0.05) is 31.7 Å². The summed E-state index contributed by atoms with van der Waals surface area (Å²) in [5, 5.41) is 9.02. The molecular formula is C24H26N6O2. The molecule has 164 valence electrons. The number of pyridine rings is 1. The number of nitrogens with one attached hydrogen (secondary N) is 3. The van der Waals surface area contributed by atoms with E-state index in [1.54, 1.807) is 24.5 Å². The molecule has 3 N–H and O–H groups in total. The van der Waals surface area contributed by atoms with Crippen molar-refractivity contribution in [3.63, 3.8) is 0 Å². The number of nitrogens with zero attached hydrogens (tertiary/aromatic N) is 3. The van der Waals surface area contributed by atoms with Gasteiger partial charge in [-0.15, -0.1) is 0 Å². The maximum Gasteiger partial charge on any atom is 0.252 e. The average molecular weight is 431 g/mol. The quantitative estimate of drug-likeness (QED) is 0.500. The van der Waals surface area contributed by atoms with E-state index in [2.05, 4.69) is 30.9 Å². The van der Waals surface area contributed by atoms with E-state index in [1.807, 2.05) is 24.3 Å². The maximum absolute atomic E-state index is 13.0. The molecule has 1 fully saturated rings. The molecule has 2 amide bonds. The van der Waals surface area contributed by atoms with E-state index in [4.69, 9.17) is 0 Å². The van der Waals surface area contributed by atoms with Gasteiger partial charge >= 0.3 is 0 Å². The van der Waals surface area contributed by atoms with E-state index in [9.17, 15) is 9.59 Å². The molecule has 8 heteroatoms. The predicted molar refractivity (Wildman–Crippen MR) is 122 cm³/mol. The fourth-order valence-corrected chi connectivity index (χ4v) is 3.99. The molecule has 1 atom stereocenters. The molecule has 4 rings (SSSR count). The van der Waals surface area contributed by atoms with Gasteiger partial charge in [0, 0.05) is 29.3 Å². The molecular weight excluding hydrogens is 404 g/mol. The molecule has 0 saturated heterocycles. The summed E-state index contributed by atoms with van der Waals surface area (Å²) in [6, 6.07) is 10.3. The molecule has 8 nitrogen and oxygen atoms in total. The highest BCUT2D eigenvalue weighted by Crippen LogP contribution is 2.29. The summed E-state index contributed by atoms with van der Waals surface area (Å²) in [6.07, 6.45) is 13.0. The zero-order valence-corrected chi connectivity index (χ0v) is 17.7. The van der Waals surface area contributed by atoms with Crippen molar-refractivity contribution in [3.8, 4) is 0 Å². The first-order valence-electron chi connectivity index (χ1n) is 10.8. The lowest BCUT2D eigenvalue weighted by Gasteiger charge is -2.21. The summed E-state index contributed by atoms with van der Waals surface area (Å²) in [7, 11) is 0. The van der Waals surface area contributed by atoms with Gasteiger partial charge in [-0.25, -0.2) is 9.97 Å². The molecule has 1 aliphatic carbocycles. The predicted octanol–water partition coefficient (Wildman–Crippen LogP) is 3.93. The van der Waals surface area contributed by atoms with E-state index >= 15 is 0 Å². The van der Waals surface area contributed by atoms with Crippen LogP contribution in [-0.2, 0) is 4.79 Å². The van der Waals surface area contributed by atoms with Gasteiger partial charge in [0.15, 0.2) is 0 Å². The van der Waals surface area contributed by atoms with Crippen molar-refractivity contribution in [1.82, 2.24) is 20.3 Å². The van der Waals surface area contributed by atoms with Gasteiger partial charge in [0.25, 0.3) is 5.91 Å². The topological polar surface area (TPSA) is 109 Å². The molecule has 1 aliphatic rings. The van der Waals surface area contributed by atoms with Gasteiger partial charge in [0.05, 0.1) is 18.1 Å². The van der Waals surface area contributed by atoms with Crippen molar-refractivity contribution in [2.24, 2.45) is 5.92 Å². The van der Waals surface area contributed by atoms with Crippen molar-refractivity contribution in [2.45, 2.75) is 38.1 Å². The van der Waals surface area contributed by atoms with Gasteiger partial charge in [0.2, 0.25) is 5.91 Å². The van der Waals surface area contributed by atoms with Crippen LogP contribution in [-0.4, -0.2) is 32.8 Å². The largest absolute Gasteiger partial charge is 0.355 e.